The molecule has 124 valence electrons. The average molecular weight is 327 g/mol. The molecule has 6 nitrogen and oxygen atoms in total. The lowest BCUT2D eigenvalue weighted by Crippen LogP contribution is -2.19. The van der Waals surface area contributed by atoms with Crippen LogP contribution in [0, 0.1) is 13.8 Å². The zero-order valence-electron chi connectivity index (χ0n) is 13.3. The van der Waals surface area contributed by atoms with Gasteiger partial charge in [0.2, 0.25) is 0 Å². The molecule has 0 fully saturated rings. The molecule has 0 aliphatic carbocycles. The number of H-pyrrole nitrogens is 1. The summed E-state index contributed by atoms with van der Waals surface area (Å²) >= 11 is 0. The number of allylic oxidation sites excluding steroid dienone is 1. The van der Waals surface area contributed by atoms with Gasteiger partial charge in [-0.05, 0) is 49.2 Å². The van der Waals surface area contributed by atoms with Crippen LogP contribution in [0.1, 0.15) is 27.2 Å². The molecule has 0 atom stereocenters. The summed E-state index contributed by atoms with van der Waals surface area (Å²) in [5.41, 5.74) is 1.66. The van der Waals surface area contributed by atoms with Gasteiger partial charge in [-0.15, -0.1) is 0 Å². The maximum absolute atomic E-state index is 12.3. The Balaban J connectivity index is 2.19. The highest BCUT2D eigenvalue weighted by Gasteiger charge is 2.11. The monoisotopic (exact) mass is 327 g/mol. The number of aromatic amines is 1. The van der Waals surface area contributed by atoms with Gasteiger partial charge in [-0.2, -0.15) is 0 Å². The Morgan fingerprint density at radius 1 is 1.25 bits per heavy atom. The van der Waals surface area contributed by atoms with Crippen molar-refractivity contribution in [1.29, 1.82) is 0 Å². The fourth-order valence-electron chi connectivity index (χ4n) is 2.27. The minimum atomic E-state index is -1.07. The van der Waals surface area contributed by atoms with Crippen molar-refractivity contribution in [2.45, 2.75) is 13.8 Å². The molecule has 2 N–H and O–H groups in total. The summed E-state index contributed by atoms with van der Waals surface area (Å²) in [6, 6.07) is 8.40. The van der Waals surface area contributed by atoms with E-state index in [0.717, 1.165) is 0 Å². The molecule has 0 aliphatic rings. The predicted molar refractivity (Wildman–Crippen MR) is 89.5 cm³/mol. The zero-order valence-corrected chi connectivity index (χ0v) is 13.3. The number of carboxylic acid groups (broad SMARTS) is 1. The van der Waals surface area contributed by atoms with Crippen LogP contribution in [0.3, 0.4) is 0 Å². The number of carbonyl (C=O) groups is 2. The number of aliphatic carboxylic acids is 1. The van der Waals surface area contributed by atoms with Gasteiger partial charge < -0.3 is 14.8 Å². The number of pyridine rings is 1. The van der Waals surface area contributed by atoms with Crippen molar-refractivity contribution in [3.63, 3.8) is 0 Å². The lowest BCUT2D eigenvalue weighted by Gasteiger charge is -2.04. The van der Waals surface area contributed by atoms with E-state index in [0.29, 0.717) is 22.6 Å². The largest absolute Gasteiger partial charge is 0.482 e. The molecule has 0 amide bonds. The lowest BCUT2D eigenvalue weighted by atomic mass is 10.0. The summed E-state index contributed by atoms with van der Waals surface area (Å²) in [5.74, 6) is -1.08. The van der Waals surface area contributed by atoms with Crippen molar-refractivity contribution >= 4 is 17.8 Å². The van der Waals surface area contributed by atoms with Crippen LogP contribution in [0.4, 0.5) is 0 Å². The van der Waals surface area contributed by atoms with Crippen LogP contribution in [0.25, 0.3) is 6.08 Å². The molecular weight excluding hydrogens is 310 g/mol. The van der Waals surface area contributed by atoms with Crippen LogP contribution < -0.4 is 10.3 Å². The van der Waals surface area contributed by atoms with Crippen molar-refractivity contribution in [2.24, 2.45) is 0 Å². The lowest BCUT2D eigenvalue weighted by molar-refractivity contribution is -0.139. The van der Waals surface area contributed by atoms with Crippen molar-refractivity contribution in [3.8, 4) is 5.75 Å². The number of nitrogens with one attached hydrogen (secondary N) is 1. The first-order chi connectivity index (χ1) is 11.4. The molecule has 0 saturated heterocycles. The van der Waals surface area contributed by atoms with E-state index >= 15 is 0 Å². The topological polar surface area (TPSA) is 96.5 Å². The van der Waals surface area contributed by atoms with Gasteiger partial charge in [0, 0.05) is 5.69 Å². The van der Waals surface area contributed by atoms with Gasteiger partial charge in [-0.1, -0.05) is 18.2 Å². The Labute approximate surface area is 138 Å². The number of ketones is 1. The van der Waals surface area contributed by atoms with E-state index in [1.54, 1.807) is 50.3 Å². The second-order valence-corrected chi connectivity index (χ2v) is 5.29. The van der Waals surface area contributed by atoms with E-state index in [1.165, 1.54) is 6.08 Å². The number of aryl methyl sites for hydroxylation is 2. The molecule has 1 aromatic carbocycles. The number of aromatic nitrogens is 1. The van der Waals surface area contributed by atoms with E-state index in [9.17, 15) is 14.4 Å². The van der Waals surface area contributed by atoms with Crippen molar-refractivity contribution in [3.05, 3.63) is 69.1 Å². The van der Waals surface area contributed by atoms with Crippen molar-refractivity contribution in [1.82, 2.24) is 4.98 Å². The van der Waals surface area contributed by atoms with Gasteiger partial charge in [0.15, 0.2) is 12.4 Å². The smallest absolute Gasteiger partial charge is 0.341 e. The van der Waals surface area contributed by atoms with Crippen LogP contribution in [0.2, 0.25) is 0 Å². The van der Waals surface area contributed by atoms with Crippen LogP contribution in [-0.2, 0) is 4.79 Å². The number of carbonyl (C=O) groups excluding carboxylic acids is 1. The Morgan fingerprint density at radius 3 is 2.67 bits per heavy atom. The Bertz CT molecular complexity index is 864. The number of carboxylic acids is 1. The molecule has 0 radical (unpaired) electrons. The number of hydrogen-bond acceptors (Lipinski definition) is 4. The Morgan fingerprint density at radius 2 is 2.00 bits per heavy atom. The predicted octanol–water partition coefficient (Wildman–Crippen LogP) is 2.35. The molecule has 2 rings (SSSR count). The van der Waals surface area contributed by atoms with Gasteiger partial charge >= 0.3 is 5.97 Å². The van der Waals surface area contributed by atoms with E-state index in [1.807, 2.05) is 0 Å². The van der Waals surface area contributed by atoms with Gasteiger partial charge in [0.25, 0.3) is 5.56 Å². The second kappa shape index (κ2) is 7.41. The normalized spacial score (nSPS) is 10.8. The molecule has 24 heavy (non-hydrogen) atoms. The molecule has 0 bridgehead atoms. The highest BCUT2D eigenvalue weighted by Crippen LogP contribution is 2.15. The van der Waals surface area contributed by atoms with Crippen LogP contribution in [0.15, 0.2) is 41.2 Å². The molecule has 2 aromatic rings. The maximum atomic E-state index is 12.3. The Kier molecular flexibility index (Phi) is 5.31. The zero-order chi connectivity index (χ0) is 17.7. The third kappa shape index (κ3) is 4.42. The fourth-order valence-corrected chi connectivity index (χ4v) is 2.27. The maximum Gasteiger partial charge on any atom is 0.341 e. The Hall–Kier alpha value is -3.15. The second-order valence-electron chi connectivity index (χ2n) is 5.29. The van der Waals surface area contributed by atoms with E-state index in [2.05, 4.69) is 4.98 Å². The third-order valence-electron chi connectivity index (χ3n) is 3.26. The van der Waals surface area contributed by atoms with Gasteiger partial charge in [-0.25, -0.2) is 4.79 Å². The molecular formula is C18H17NO5. The quantitative estimate of drug-likeness (QED) is 0.627. The van der Waals surface area contributed by atoms with Crippen molar-refractivity contribution in [2.75, 3.05) is 6.61 Å². The summed E-state index contributed by atoms with van der Waals surface area (Å²) in [6.07, 6.45) is 2.86. The number of hydrogen-bond donors (Lipinski definition) is 2. The summed E-state index contributed by atoms with van der Waals surface area (Å²) in [6.45, 7) is 3.02. The van der Waals surface area contributed by atoms with Gasteiger partial charge in [-0.3, -0.25) is 9.59 Å². The van der Waals surface area contributed by atoms with Crippen molar-refractivity contribution < 1.29 is 19.4 Å². The van der Waals surface area contributed by atoms with Crippen LogP contribution in [0.5, 0.6) is 5.75 Å². The summed E-state index contributed by atoms with van der Waals surface area (Å²) in [4.78, 5) is 37.3. The molecule has 1 heterocycles. The van der Waals surface area contributed by atoms with E-state index < -0.39 is 23.9 Å². The summed E-state index contributed by atoms with van der Waals surface area (Å²) < 4.78 is 5.08. The molecule has 0 saturated carbocycles. The van der Waals surface area contributed by atoms with Gasteiger partial charge in [0.1, 0.15) is 5.75 Å². The SMILES string of the molecule is Cc1cc(C)c(C(=O)/C=C/c2cccc(OCC(=O)O)c2)c(=O)[nH]1. The van der Waals surface area contributed by atoms with Crippen LogP contribution in [-0.4, -0.2) is 28.4 Å². The average Bonchev–Trinajstić information content (AvgIpc) is 2.50. The minimum absolute atomic E-state index is 0.107. The highest BCUT2D eigenvalue weighted by atomic mass is 16.5. The first-order valence-corrected chi connectivity index (χ1v) is 7.24. The standard InChI is InChI=1S/C18H17NO5/c1-11-8-12(2)19-18(23)17(11)15(20)7-6-13-4-3-5-14(9-13)24-10-16(21)22/h3-9H,10H2,1-2H3,(H,19,23)(H,21,22)/b7-6+. The highest BCUT2D eigenvalue weighted by molar-refractivity contribution is 6.07. The minimum Gasteiger partial charge on any atom is -0.482 e. The van der Waals surface area contributed by atoms with Crippen LogP contribution >= 0.6 is 0 Å². The number of ether oxygens (including phenoxy) is 1. The summed E-state index contributed by atoms with van der Waals surface area (Å²) in [7, 11) is 0. The molecule has 0 aliphatic heterocycles. The molecule has 0 unspecified atom stereocenters. The summed E-state index contributed by atoms with van der Waals surface area (Å²) in [5, 5.41) is 8.60. The first kappa shape index (κ1) is 17.2. The van der Waals surface area contributed by atoms with E-state index in [-0.39, 0.29) is 5.56 Å². The van der Waals surface area contributed by atoms with Gasteiger partial charge in [0.05, 0.1) is 5.56 Å². The molecule has 1 aromatic heterocycles. The van der Waals surface area contributed by atoms with E-state index in [4.69, 9.17) is 9.84 Å². The molecule has 6 heteroatoms. The number of rotatable bonds is 6. The number of benzene rings is 1. The molecule has 0 spiro atoms. The fraction of sp³-hybridized carbons (Fsp3) is 0.167. The third-order valence-corrected chi connectivity index (χ3v) is 3.26. The first-order valence-electron chi connectivity index (χ1n) is 7.24.